The van der Waals surface area contributed by atoms with Crippen LogP contribution in [0.2, 0.25) is 0 Å². The highest BCUT2D eigenvalue weighted by Crippen LogP contribution is 2.20. The number of hydrogen-bond donors (Lipinski definition) is 0. The van der Waals surface area contributed by atoms with E-state index in [9.17, 15) is 13.6 Å². The van der Waals surface area contributed by atoms with Gasteiger partial charge in [-0.1, -0.05) is 0 Å². The third kappa shape index (κ3) is 2.32. The second-order valence-corrected chi connectivity index (χ2v) is 4.09. The molecule has 2 rings (SSSR count). The van der Waals surface area contributed by atoms with E-state index in [1.165, 1.54) is 22.9 Å². The molecule has 0 aromatic carbocycles. The van der Waals surface area contributed by atoms with Gasteiger partial charge >= 0.3 is 6.61 Å². The number of nitrogens with zero attached hydrogens (tertiary/aromatic N) is 2. The van der Waals surface area contributed by atoms with Crippen molar-refractivity contribution in [3.8, 4) is 5.75 Å². The quantitative estimate of drug-likeness (QED) is 0.845. The Morgan fingerprint density at radius 1 is 1.33 bits per heavy atom. The van der Waals surface area contributed by atoms with Crippen LogP contribution in [0.1, 0.15) is 19.9 Å². The zero-order chi connectivity index (χ0) is 13.3. The summed E-state index contributed by atoms with van der Waals surface area (Å²) in [6.45, 7) is 0.760. The van der Waals surface area contributed by atoms with Gasteiger partial charge in [0.1, 0.15) is 5.75 Å². The van der Waals surface area contributed by atoms with Crippen LogP contribution in [0.25, 0.3) is 11.0 Å². The van der Waals surface area contributed by atoms with Crippen molar-refractivity contribution < 1.29 is 13.5 Å². The Morgan fingerprint density at radius 2 is 2.06 bits per heavy atom. The fourth-order valence-electron chi connectivity index (χ4n) is 1.82. The van der Waals surface area contributed by atoms with Gasteiger partial charge in [0.25, 0.3) is 5.56 Å². The normalized spacial score (nSPS) is 11.4. The van der Waals surface area contributed by atoms with Gasteiger partial charge in [0.15, 0.2) is 0 Å². The van der Waals surface area contributed by atoms with Crippen LogP contribution in [0.5, 0.6) is 5.75 Å². The van der Waals surface area contributed by atoms with Crippen molar-refractivity contribution in [1.82, 2.24) is 9.55 Å². The summed E-state index contributed by atoms with van der Waals surface area (Å²) in [6.07, 6.45) is 1.21. The molecular weight excluding hydrogens is 242 g/mol. The maximum absolute atomic E-state index is 12.1. The smallest absolute Gasteiger partial charge is 0.387 e. The number of hydrogen-bond acceptors (Lipinski definition) is 3. The molecule has 2 aromatic heterocycles. The summed E-state index contributed by atoms with van der Waals surface area (Å²) in [4.78, 5) is 15.8. The second-order valence-electron chi connectivity index (χ2n) is 4.09. The van der Waals surface area contributed by atoms with Crippen LogP contribution in [-0.4, -0.2) is 16.2 Å². The van der Waals surface area contributed by atoms with E-state index < -0.39 is 6.61 Å². The molecule has 0 spiro atoms. The predicted octanol–water partition coefficient (Wildman–Crippen LogP) is 2.58. The largest absolute Gasteiger partial charge is 0.433 e. The Morgan fingerprint density at radius 3 is 2.67 bits per heavy atom. The lowest BCUT2D eigenvalue weighted by Gasteiger charge is -2.14. The summed E-state index contributed by atoms with van der Waals surface area (Å²) in [7, 11) is 0. The lowest BCUT2D eigenvalue weighted by atomic mass is 10.2. The topological polar surface area (TPSA) is 44.1 Å². The molecule has 0 atom stereocenters. The van der Waals surface area contributed by atoms with Gasteiger partial charge in [0.2, 0.25) is 0 Å². The molecule has 4 nitrogen and oxygen atoms in total. The number of alkyl halides is 2. The molecule has 0 aliphatic carbocycles. The molecule has 0 N–H and O–H groups in total. The van der Waals surface area contributed by atoms with Gasteiger partial charge in [0.05, 0.1) is 17.2 Å². The monoisotopic (exact) mass is 254 g/mol. The zero-order valence-corrected chi connectivity index (χ0v) is 9.93. The zero-order valence-electron chi connectivity index (χ0n) is 9.93. The first-order valence-corrected chi connectivity index (χ1v) is 5.45. The molecule has 0 amide bonds. The SMILES string of the molecule is CC(C)n1c(=O)ccc2ncc(OC(F)F)cc21. The fourth-order valence-corrected chi connectivity index (χ4v) is 1.82. The molecule has 0 unspecified atom stereocenters. The summed E-state index contributed by atoms with van der Waals surface area (Å²) in [6, 6.07) is 4.27. The summed E-state index contributed by atoms with van der Waals surface area (Å²) in [5.41, 5.74) is 0.842. The summed E-state index contributed by atoms with van der Waals surface area (Å²) >= 11 is 0. The van der Waals surface area contributed by atoms with Crippen LogP contribution in [0.4, 0.5) is 8.78 Å². The third-order valence-corrected chi connectivity index (χ3v) is 2.49. The van der Waals surface area contributed by atoms with Gasteiger partial charge in [-0.3, -0.25) is 9.78 Å². The Balaban J connectivity index is 2.65. The molecule has 2 aromatic rings. The molecule has 0 aliphatic heterocycles. The fraction of sp³-hybridized carbons (Fsp3) is 0.333. The van der Waals surface area contributed by atoms with Gasteiger partial charge < -0.3 is 9.30 Å². The number of halogens is 2. The molecule has 0 radical (unpaired) electrons. The van der Waals surface area contributed by atoms with Crippen molar-refractivity contribution in [1.29, 1.82) is 0 Å². The van der Waals surface area contributed by atoms with E-state index in [0.29, 0.717) is 11.0 Å². The van der Waals surface area contributed by atoms with Crippen molar-refractivity contribution in [3.63, 3.8) is 0 Å². The molecule has 18 heavy (non-hydrogen) atoms. The summed E-state index contributed by atoms with van der Waals surface area (Å²) in [5.74, 6) is -0.0579. The minimum Gasteiger partial charge on any atom is -0.433 e. The highest BCUT2D eigenvalue weighted by atomic mass is 19.3. The van der Waals surface area contributed by atoms with Crippen molar-refractivity contribution in [3.05, 3.63) is 34.7 Å². The van der Waals surface area contributed by atoms with Gasteiger partial charge in [-0.15, -0.1) is 0 Å². The van der Waals surface area contributed by atoms with Gasteiger partial charge in [-0.2, -0.15) is 8.78 Å². The number of ether oxygens (including phenoxy) is 1. The van der Waals surface area contributed by atoms with E-state index in [4.69, 9.17) is 0 Å². The van der Waals surface area contributed by atoms with E-state index in [0.717, 1.165) is 0 Å². The summed E-state index contributed by atoms with van der Waals surface area (Å²) < 4.78 is 30.1. The molecule has 0 aliphatic rings. The van der Waals surface area contributed by atoms with E-state index in [2.05, 4.69) is 9.72 Å². The van der Waals surface area contributed by atoms with Crippen LogP contribution >= 0.6 is 0 Å². The Hall–Kier alpha value is -1.98. The predicted molar refractivity (Wildman–Crippen MR) is 63.0 cm³/mol. The van der Waals surface area contributed by atoms with Crippen molar-refractivity contribution in [2.45, 2.75) is 26.5 Å². The average Bonchev–Trinajstić information content (AvgIpc) is 2.27. The number of fused-ring (bicyclic) bond motifs is 1. The van der Waals surface area contributed by atoms with Gasteiger partial charge in [0, 0.05) is 18.2 Å². The van der Waals surface area contributed by atoms with Crippen LogP contribution in [-0.2, 0) is 0 Å². The van der Waals surface area contributed by atoms with Crippen molar-refractivity contribution in [2.75, 3.05) is 0 Å². The average molecular weight is 254 g/mol. The van der Waals surface area contributed by atoms with E-state index in [-0.39, 0.29) is 17.4 Å². The molecule has 96 valence electrons. The first-order chi connectivity index (χ1) is 8.49. The number of pyridine rings is 2. The van der Waals surface area contributed by atoms with E-state index in [1.807, 2.05) is 13.8 Å². The van der Waals surface area contributed by atoms with E-state index >= 15 is 0 Å². The molecule has 2 heterocycles. The Bertz CT molecular complexity index is 623. The second kappa shape index (κ2) is 4.72. The highest BCUT2D eigenvalue weighted by molar-refractivity contribution is 5.75. The minimum absolute atomic E-state index is 0.0579. The van der Waals surface area contributed by atoms with Crippen LogP contribution in [0, 0.1) is 0 Å². The molecule has 6 heteroatoms. The Kier molecular flexibility index (Phi) is 3.27. The van der Waals surface area contributed by atoms with Crippen LogP contribution < -0.4 is 10.3 Å². The van der Waals surface area contributed by atoms with Crippen molar-refractivity contribution in [2.24, 2.45) is 0 Å². The van der Waals surface area contributed by atoms with Gasteiger partial charge in [-0.25, -0.2) is 0 Å². The third-order valence-electron chi connectivity index (χ3n) is 2.49. The number of aromatic nitrogens is 2. The van der Waals surface area contributed by atoms with Crippen molar-refractivity contribution >= 4 is 11.0 Å². The van der Waals surface area contributed by atoms with E-state index in [1.54, 1.807) is 6.07 Å². The highest BCUT2D eigenvalue weighted by Gasteiger charge is 2.10. The summed E-state index contributed by atoms with van der Waals surface area (Å²) in [5, 5.41) is 0. The maximum Gasteiger partial charge on any atom is 0.387 e. The van der Waals surface area contributed by atoms with Crippen LogP contribution in [0.3, 0.4) is 0 Å². The molecule has 0 saturated heterocycles. The lowest BCUT2D eigenvalue weighted by molar-refractivity contribution is -0.0499. The van der Waals surface area contributed by atoms with Crippen LogP contribution in [0.15, 0.2) is 29.2 Å². The van der Waals surface area contributed by atoms with Gasteiger partial charge in [-0.05, 0) is 19.9 Å². The number of rotatable bonds is 3. The minimum atomic E-state index is -2.91. The molecular formula is C12H12F2N2O2. The maximum atomic E-state index is 12.1. The molecule has 0 saturated carbocycles. The standard InChI is InChI=1S/C12H12F2N2O2/c1-7(2)16-10-5-8(18-12(13)14)6-15-9(10)3-4-11(16)17/h3-7,12H,1-2H3. The molecule has 0 bridgehead atoms. The Labute approximate surface area is 102 Å². The lowest BCUT2D eigenvalue weighted by Crippen LogP contribution is -2.21. The first kappa shape index (κ1) is 12.5. The molecule has 0 fully saturated rings. The first-order valence-electron chi connectivity index (χ1n) is 5.45.